The molecular formula is C19H17N3O2S. The van der Waals surface area contributed by atoms with Crippen LogP contribution in [0.2, 0.25) is 0 Å². The van der Waals surface area contributed by atoms with Crippen molar-refractivity contribution in [2.75, 3.05) is 12.4 Å². The van der Waals surface area contributed by atoms with Crippen LogP contribution in [0.25, 0.3) is 11.4 Å². The third kappa shape index (κ3) is 3.39. The van der Waals surface area contributed by atoms with Gasteiger partial charge >= 0.3 is 0 Å². The van der Waals surface area contributed by atoms with E-state index in [4.69, 9.17) is 4.74 Å². The molecule has 1 fully saturated rings. The summed E-state index contributed by atoms with van der Waals surface area (Å²) in [7, 11) is 1.63. The van der Waals surface area contributed by atoms with Gasteiger partial charge in [0, 0.05) is 23.0 Å². The highest BCUT2D eigenvalue weighted by Crippen LogP contribution is 2.47. The summed E-state index contributed by atoms with van der Waals surface area (Å²) in [4.78, 5) is 16.8. The maximum atomic E-state index is 12.4. The number of nitrogens with zero attached hydrogens (tertiary/aromatic N) is 2. The largest absolute Gasteiger partial charge is 0.497 e. The summed E-state index contributed by atoms with van der Waals surface area (Å²) < 4.78 is 9.47. The van der Waals surface area contributed by atoms with E-state index in [1.54, 1.807) is 7.11 Å². The average Bonchev–Trinajstić information content (AvgIpc) is 3.35. The number of aromatic nitrogens is 2. The van der Waals surface area contributed by atoms with Gasteiger partial charge in [0.05, 0.1) is 7.11 Å². The highest BCUT2D eigenvalue weighted by atomic mass is 32.1. The summed E-state index contributed by atoms with van der Waals surface area (Å²) in [6.45, 7) is 0. The predicted octanol–water partition coefficient (Wildman–Crippen LogP) is 3.96. The molecule has 126 valence electrons. The van der Waals surface area contributed by atoms with Crippen LogP contribution in [-0.4, -0.2) is 22.4 Å². The van der Waals surface area contributed by atoms with Crippen molar-refractivity contribution in [1.29, 1.82) is 0 Å². The van der Waals surface area contributed by atoms with Gasteiger partial charge in [-0.25, -0.2) is 0 Å². The standard InChI is InChI=1S/C19H17N3O2S/c1-24-14-9-7-13(8-10-14)17-20-19(25-22-17)21-18(23)16-11-15(16)12-5-3-2-4-6-12/h2-10,15-16H,11H2,1H3,(H,20,21,22,23). The Morgan fingerprint density at radius 3 is 2.64 bits per heavy atom. The molecule has 4 rings (SSSR count). The molecule has 1 aromatic heterocycles. The third-order valence-electron chi connectivity index (χ3n) is 4.36. The lowest BCUT2D eigenvalue weighted by Crippen LogP contribution is -2.14. The molecule has 2 aromatic carbocycles. The fourth-order valence-electron chi connectivity index (χ4n) is 2.88. The summed E-state index contributed by atoms with van der Waals surface area (Å²) in [5.74, 6) is 1.75. The highest BCUT2D eigenvalue weighted by molar-refractivity contribution is 7.10. The fraction of sp³-hybridized carbons (Fsp3) is 0.211. The summed E-state index contributed by atoms with van der Waals surface area (Å²) in [6.07, 6.45) is 0.889. The molecular weight excluding hydrogens is 334 g/mol. The number of hydrogen-bond acceptors (Lipinski definition) is 5. The van der Waals surface area contributed by atoms with Crippen LogP contribution in [0.15, 0.2) is 54.6 Å². The smallest absolute Gasteiger partial charge is 0.229 e. The second-order valence-electron chi connectivity index (χ2n) is 6.00. The average molecular weight is 351 g/mol. The molecule has 0 saturated heterocycles. The lowest BCUT2D eigenvalue weighted by molar-refractivity contribution is -0.117. The second kappa shape index (κ2) is 6.64. The van der Waals surface area contributed by atoms with Gasteiger partial charge in [0.1, 0.15) is 5.75 Å². The molecule has 1 aliphatic carbocycles. The van der Waals surface area contributed by atoms with Gasteiger partial charge in [-0.15, -0.1) is 0 Å². The van der Waals surface area contributed by atoms with E-state index in [1.807, 2.05) is 42.5 Å². The first-order valence-electron chi connectivity index (χ1n) is 8.08. The highest BCUT2D eigenvalue weighted by Gasteiger charge is 2.44. The Morgan fingerprint density at radius 2 is 1.92 bits per heavy atom. The van der Waals surface area contributed by atoms with Crippen molar-refractivity contribution in [3.8, 4) is 17.1 Å². The SMILES string of the molecule is COc1ccc(-c2nsc(NC(=O)C3CC3c3ccccc3)n2)cc1. The van der Waals surface area contributed by atoms with Crippen LogP contribution in [-0.2, 0) is 4.79 Å². The summed E-state index contributed by atoms with van der Waals surface area (Å²) in [5.41, 5.74) is 2.12. The van der Waals surface area contributed by atoms with Gasteiger partial charge in [-0.05, 0) is 42.2 Å². The number of rotatable bonds is 5. The molecule has 3 aromatic rings. The Hall–Kier alpha value is -2.73. The Kier molecular flexibility index (Phi) is 4.19. The van der Waals surface area contributed by atoms with Crippen LogP contribution in [0.5, 0.6) is 5.75 Å². The van der Waals surface area contributed by atoms with Gasteiger partial charge in [-0.2, -0.15) is 9.36 Å². The Morgan fingerprint density at radius 1 is 1.16 bits per heavy atom. The van der Waals surface area contributed by atoms with E-state index in [9.17, 15) is 4.79 Å². The molecule has 0 radical (unpaired) electrons. The molecule has 6 heteroatoms. The lowest BCUT2D eigenvalue weighted by atomic mass is 10.1. The monoisotopic (exact) mass is 351 g/mol. The first-order chi connectivity index (χ1) is 12.2. The van der Waals surface area contributed by atoms with Crippen molar-refractivity contribution in [2.45, 2.75) is 12.3 Å². The van der Waals surface area contributed by atoms with Crippen molar-refractivity contribution < 1.29 is 9.53 Å². The first-order valence-corrected chi connectivity index (χ1v) is 8.86. The molecule has 5 nitrogen and oxygen atoms in total. The summed E-state index contributed by atoms with van der Waals surface area (Å²) in [5, 5.41) is 3.43. The first kappa shape index (κ1) is 15.8. The zero-order valence-corrected chi connectivity index (χ0v) is 14.5. The van der Waals surface area contributed by atoms with Crippen LogP contribution >= 0.6 is 11.5 Å². The van der Waals surface area contributed by atoms with E-state index in [2.05, 4.69) is 26.8 Å². The lowest BCUT2D eigenvalue weighted by Gasteiger charge is -2.01. The fourth-order valence-corrected chi connectivity index (χ4v) is 3.48. The van der Waals surface area contributed by atoms with E-state index in [-0.39, 0.29) is 11.8 Å². The molecule has 0 bridgehead atoms. The van der Waals surface area contributed by atoms with Crippen LogP contribution in [0.4, 0.5) is 5.13 Å². The Labute approximate surface area is 149 Å². The zero-order valence-electron chi connectivity index (χ0n) is 13.7. The van der Waals surface area contributed by atoms with Gasteiger partial charge in [0.2, 0.25) is 11.0 Å². The van der Waals surface area contributed by atoms with Gasteiger partial charge < -0.3 is 10.1 Å². The van der Waals surface area contributed by atoms with Crippen molar-refractivity contribution in [3.63, 3.8) is 0 Å². The number of carbonyl (C=O) groups excluding carboxylic acids is 1. The van der Waals surface area contributed by atoms with Crippen LogP contribution in [0.1, 0.15) is 17.9 Å². The second-order valence-corrected chi connectivity index (χ2v) is 6.75. The topological polar surface area (TPSA) is 64.1 Å². The van der Waals surface area contributed by atoms with E-state index in [0.717, 1.165) is 17.7 Å². The summed E-state index contributed by atoms with van der Waals surface area (Å²) >= 11 is 1.20. The number of anilines is 1. The Balaban J connectivity index is 1.40. The molecule has 25 heavy (non-hydrogen) atoms. The van der Waals surface area contributed by atoms with Crippen molar-refractivity contribution in [2.24, 2.45) is 5.92 Å². The molecule has 1 heterocycles. The van der Waals surface area contributed by atoms with Gasteiger partial charge in [0.15, 0.2) is 5.82 Å². The minimum absolute atomic E-state index is 0.0197. The van der Waals surface area contributed by atoms with Crippen molar-refractivity contribution in [3.05, 3.63) is 60.2 Å². The van der Waals surface area contributed by atoms with E-state index in [1.165, 1.54) is 17.1 Å². The summed E-state index contributed by atoms with van der Waals surface area (Å²) in [6, 6.07) is 17.7. The maximum Gasteiger partial charge on any atom is 0.229 e. The van der Waals surface area contributed by atoms with Gasteiger partial charge in [-0.1, -0.05) is 30.3 Å². The zero-order chi connectivity index (χ0) is 17.2. The molecule has 1 amide bonds. The number of benzene rings is 2. The Bertz CT molecular complexity index is 877. The quantitative estimate of drug-likeness (QED) is 0.756. The number of ether oxygens (including phenoxy) is 1. The maximum absolute atomic E-state index is 12.4. The van der Waals surface area contributed by atoms with Crippen LogP contribution in [0, 0.1) is 5.92 Å². The van der Waals surface area contributed by atoms with Crippen molar-refractivity contribution in [1.82, 2.24) is 9.36 Å². The van der Waals surface area contributed by atoms with Gasteiger partial charge in [0.25, 0.3) is 0 Å². The van der Waals surface area contributed by atoms with Crippen LogP contribution < -0.4 is 10.1 Å². The molecule has 2 atom stereocenters. The van der Waals surface area contributed by atoms with E-state index >= 15 is 0 Å². The molecule has 1 aliphatic rings. The minimum Gasteiger partial charge on any atom is -0.497 e. The number of amides is 1. The minimum atomic E-state index is 0.0197. The number of hydrogen-bond donors (Lipinski definition) is 1. The van der Waals surface area contributed by atoms with E-state index < -0.39 is 0 Å². The number of nitrogens with one attached hydrogen (secondary N) is 1. The number of carbonyl (C=O) groups is 1. The third-order valence-corrected chi connectivity index (χ3v) is 4.99. The molecule has 1 N–H and O–H groups in total. The van der Waals surface area contributed by atoms with Crippen molar-refractivity contribution >= 4 is 22.6 Å². The predicted molar refractivity (Wildman–Crippen MR) is 97.8 cm³/mol. The normalized spacial score (nSPS) is 18.6. The molecule has 0 spiro atoms. The van der Waals surface area contributed by atoms with Gasteiger partial charge in [-0.3, -0.25) is 4.79 Å². The van der Waals surface area contributed by atoms with Crippen LogP contribution in [0.3, 0.4) is 0 Å². The van der Waals surface area contributed by atoms with E-state index in [0.29, 0.717) is 16.9 Å². The molecule has 1 saturated carbocycles. The number of methoxy groups -OCH3 is 1. The molecule has 2 unspecified atom stereocenters. The molecule has 0 aliphatic heterocycles.